The Balaban J connectivity index is 2.30. The largest absolute Gasteiger partial charge is 0.497 e. The van der Waals surface area contributed by atoms with Crippen molar-refractivity contribution >= 4 is 15.5 Å². The molecule has 2 aromatic rings. The maximum absolute atomic E-state index is 13.6. The lowest BCUT2D eigenvalue weighted by atomic mass is 9.69. The molecule has 0 amide bonds. The van der Waals surface area contributed by atoms with Crippen LogP contribution in [0.15, 0.2) is 47.4 Å². The van der Waals surface area contributed by atoms with E-state index in [1.165, 1.54) is 0 Å². The van der Waals surface area contributed by atoms with Gasteiger partial charge in [0.25, 0.3) is 0 Å². The third-order valence-corrected chi connectivity index (χ3v) is 9.18. The molecule has 5 nitrogen and oxygen atoms in total. The highest BCUT2D eigenvalue weighted by Crippen LogP contribution is 2.49. The number of methoxy groups -OCH3 is 1. The summed E-state index contributed by atoms with van der Waals surface area (Å²) >= 11 is 0. The molecule has 176 valence electrons. The minimum absolute atomic E-state index is 0.0396. The molecule has 0 saturated carbocycles. The minimum atomic E-state index is -3.58. The van der Waals surface area contributed by atoms with E-state index in [4.69, 9.17) is 4.74 Å². The van der Waals surface area contributed by atoms with Crippen LogP contribution in [0.1, 0.15) is 63.5 Å². The van der Waals surface area contributed by atoms with Crippen molar-refractivity contribution in [3.05, 3.63) is 53.6 Å². The Morgan fingerprint density at radius 3 is 2.53 bits per heavy atom. The van der Waals surface area contributed by atoms with Gasteiger partial charge in [-0.25, -0.2) is 8.42 Å². The lowest BCUT2D eigenvalue weighted by Crippen LogP contribution is -2.42. The summed E-state index contributed by atoms with van der Waals surface area (Å²) < 4.78 is 32.7. The Morgan fingerprint density at radius 1 is 1.16 bits per heavy atom. The van der Waals surface area contributed by atoms with Gasteiger partial charge in [0.15, 0.2) is 9.84 Å². The first-order valence-corrected chi connectivity index (χ1v) is 13.3. The second-order valence-corrected chi connectivity index (χ2v) is 11.0. The van der Waals surface area contributed by atoms with E-state index in [1.807, 2.05) is 32.2 Å². The van der Waals surface area contributed by atoms with E-state index in [-0.39, 0.29) is 5.75 Å². The molecule has 1 unspecified atom stereocenters. The Hall–Kier alpha value is -2.05. The molecule has 1 aliphatic heterocycles. The summed E-state index contributed by atoms with van der Waals surface area (Å²) in [5.74, 6) is 0.0946. The predicted octanol–water partition coefficient (Wildman–Crippen LogP) is 5.02. The standard InChI is InChI=1S/C26H37NO4S/c1-6-9-15-26(7-2)18-32(29,30)23-14-13-21(31-5)17-22(23)24(25(26)28)19-11-10-12-20(16-19)27(4)8-3/h10-14,16-17,24-25,28H,6-9,15,18H2,1-5H3/t24-,25-,26?/m1/s1. The van der Waals surface area contributed by atoms with Gasteiger partial charge in [-0.15, -0.1) is 0 Å². The molecule has 1 N–H and O–H groups in total. The number of ether oxygens (including phenoxy) is 1. The minimum Gasteiger partial charge on any atom is -0.497 e. The van der Waals surface area contributed by atoms with Gasteiger partial charge in [0.05, 0.1) is 23.9 Å². The van der Waals surface area contributed by atoms with Gasteiger partial charge >= 0.3 is 0 Å². The Morgan fingerprint density at radius 2 is 1.91 bits per heavy atom. The lowest BCUT2D eigenvalue weighted by molar-refractivity contribution is 0.0174. The fourth-order valence-electron chi connectivity index (χ4n) is 4.98. The number of aliphatic hydroxyl groups excluding tert-OH is 1. The van der Waals surface area contributed by atoms with Crippen LogP contribution >= 0.6 is 0 Å². The molecule has 0 bridgehead atoms. The molecule has 32 heavy (non-hydrogen) atoms. The number of fused-ring (bicyclic) bond motifs is 1. The van der Waals surface area contributed by atoms with Crippen molar-refractivity contribution in [1.82, 2.24) is 0 Å². The van der Waals surface area contributed by atoms with E-state index in [0.29, 0.717) is 29.1 Å². The Labute approximate surface area is 193 Å². The van der Waals surface area contributed by atoms with Crippen molar-refractivity contribution in [1.29, 1.82) is 0 Å². The van der Waals surface area contributed by atoms with E-state index >= 15 is 0 Å². The fourth-order valence-corrected chi connectivity index (χ4v) is 7.23. The molecule has 1 aliphatic rings. The quantitative estimate of drug-likeness (QED) is 0.600. The normalized spacial score (nSPS) is 24.4. The van der Waals surface area contributed by atoms with Gasteiger partial charge in [0.1, 0.15) is 5.75 Å². The van der Waals surface area contributed by atoms with E-state index in [1.54, 1.807) is 25.3 Å². The number of benzene rings is 2. The number of hydrogen-bond acceptors (Lipinski definition) is 5. The molecule has 6 heteroatoms. The first-order valence-electron chi connectivity index (χ1n) is 11.6. The van der Waals surface area contributed by atoms with Crippen molar-refractivity contribution < 1.29 is 18.3 Å². The molecule has 3 atom stereocenters. The van der Waals surface area contributed by atoms with Crippen LogP contribution in [0.4, 0.5) is 5.69 Å². The first-order chi connectivity index (χ1) is 15.2. The maximum atomic E-state index is 13.6. The maximum Gasteiger partial charge on any atom is 0.179 e. The van der Waals surface area contributed by atoms with E-state index < -0.39 is 27.3 Å². The number of rotatable bonds is 8. The van der Waals surface area contributed by atoms with Crippen LogP contribution in [-0.4, -0.2) is 46.1 Å². The molecule has 0 aromatic heterocycles. The molecular weight excluding hydrogens is 422 g/mol. The summed E-state index contributed by atoms with van der Waals surface area (Å²) in [5.41, 5.74) is 1.89. The van der Waals surface area contributed by atoms with Gasteiger partial charge < -0.3 is 14.7 Å². The Kier molecular flexibility index (Phi) is 7.56. The van der Waals surface area contributed by atoms with E-state index in [0.717, 1.165) is 30.6 Å². The summed E-state index contributed by atoms with van der Waals surface area (Å²) in [5, 5.41) is 11.9. The van der Waals surface area contributed by atoms with E-state index in [9.17, 15) is 13.5 Å². The molecule has 0 spiro atoms. The third-order valence-electron chi connectivity index (χ3n) is 7.18. The van der Waals surface area contributed by atoms with Crippen LogP contribution in [0.25, 0.3) is 0 Å². The average molecular weight is 460 g/mol. The molecular formula is C26H37NO4S. The molecule has 0 radical (unpaired) electrons. The summed E-state index contributed by atoms with van der Waals surface area (Å²) in [7, 11) is 0.0211. The Bertz CT molecular complexity index is 1040. The zero-order valence-electron chi connectivity index (χ0n) is 20.0. The zero-order chi connectivity index (χ0) is 23.5. The van der Waals surface area contributed by atoms with Gasteiger partial charge in [0, 0.05) is 30.6 Å². The van der Waals surface area contributed by atoms with Crippen LogP contribution in [0, 0.1) is 5.41 Å². The average Bonchev–Trinajstić information content (AvgIpc) is 2.87. The molecule has 1 heterocycles. The van der Waals surface area contributed by atoms with Crippen LogP contribution in [0.5, 0.6) is 5.75 Å². The van der Waals surface area contributed by atoms with Gasteiger partial charge in [0.2, 0.25) is 0 Å². The van der Waals surface area contributed by atoms with Crippen LogP contribution in [0.2, 0.25) is 0 Å². The monoisotopic (exact) mass is 459 g/mol. The molecule has 3 rings (SSSR count). The molecule has 0 aliphatic carbocycles. The summed E-state index contributed by atoms with van der Waals surface area (Å²) in [4.78, 5) is 2.45. The van der Waals surface area contributed by atoms with Gasteiger partial charge in [-0.1, -0.05) is 38.8 Å². The lowest BCUT2D eigenvalue weighted by Gasteiger charge is -2.39. The van der Waals surface area contributed by atoms with Crippen molar-refractivity contribution in [2.24, 2.45) is 5.41 Å². The summed E-state index contributed by atoms with van der Waals surface area (Å²) in [6.07, 6.45) is 2.28. The predicted molar refractivity (Wildman–Crippen MR) is 131 cm³/mol. The highest BCUT2D eigenvalue weighted by atomic mass is 32.2. The summed E-state index contributed by atoms with van der Waals surface area (Å²) in [6.45, 7) is 7.04. The summed E-state index contributed by atoms with van der Waals surface area (Å²) in [6, 6.07) is 13.3. The van der Waals surface area contributed by atoms with Crippen molar-refractivity contribution in [2.75, 3.05) is 31.4 Å². The van der Waals surface area contributed by atoms with Gasteiger partial charge in [-0.05, 0) is 61.2 Å². The van der Waals surface area contributed by atoms with Gasteiger partial charge in [-0.2, -0.15) is 0 Å². The molecule has 0 fully saturated rings. The van der Waals surface area contributed by atoms with E-state index in [2.05, 4.69) is 24.8 Å². The van der Waals surface area contributed by atoms with Crippen LogP contribution in [0.3, 0.4) is 0 Å². The first kappa shape index (κ1) is 24.6. The third kappa shape index (κ3) is 4.53. The van der Waals surface area contributed by atoms with Crippen molar-refractivity contribution in [3.8, 4) is 5.75 Å². The van der Waals surface area contributed by atoms with Gasteiger partial charge in [-0.3, -0.25) is 0 Å². The number of anilines is 1. The number of unbranched alkanes of at least 4 members (excludes halogenated alkanes) is 1. The van der Waals surface area contributed by atoms with Crippen molar-refractivity contribution in [3.63, 3.8) is 0 Å². The zero-order valence-corrected chi connectivity index (χ0v) is 20.8. The molecule has 0 saturated heterocycles. The second-order valence-electron chi connectivity index (χ2n) is 9.01. The van der Waals surface area contributed by atoms with Crippen LogP contribution < -0.4 is 9.64 Å². The molecule has 2 aromatic carbocycles. The second kappa shape index (κ2) is 9.84. The topological polar surface area (TPSA) is 66.8 Å². The van der Waals surface area contributed by atoms with Crippen LogP contribution in [-0.2, 0) is 9.84 Å². The number of sulfone groups is 1. The highest BCUT2D eigenvalue weighted by molar-refractivity contribution is 7.91. The fraction of sp³-hybridized carbons (Fsp3) is 0.538. The highest BCUT2D eigenvalue weighted by Gasteiger charge is 2.49. The smallest absolute Gasteiger partial charge is 0.179 e. The number of aliphatic hydroxyl groups is 1. The number of nitrogens with zero attached hydrogens (tertiary/aromatic N) is 1. The number of hydrogen-bond donors (Lipinski definition) is 1. The van der Waals surface area contributed by atoms with Crippen molar-refractivity contribution in [2.45, 2.75) is 63.4 Å². The SMILES string of the molecule is CCCCC1(CC)CS(=O)(=O)c2ccc(OC)cc2[C@@H](c2cccc(N(C)CC)c2)[C@H]1O.